The van der Waals surface area contributed by atoms with E-state index in [-0.39, 0.29) is 24.0 Å². The van der Waals surface area contributed by atoms with Gasteiger partial charge in [0.2, 0.25) is 0 Å². The fourth-order valence-electron chi connectivity index (χ4n) is 1.90. The monoisotopic (exact) mass is 491 g/mol. The van der Waals surface area contributed by atoms with Gasteiger partial charge in [0, 0.05) is 10.2 Å². The van der Waals surface area contributed by atoms with Gasteiger partial charge in [0.05, 0.1) is 20.8 Å². The molecule has 0 aliphatic heterocycles. The number of guanidine groups is 1. The summed E-state index contributed by atoms with van der Waals surface area (Å²) in [6.07, 6.45) is 0. The number of ether oxygens (including phenoxy) is 2. The van der Waals surface area contributed by atoms with E-state index >= 15 is 0 Å². The van der Waals surface area contributed by atoms with E-state index in [1.165, 1.54) is 0 Å². The second kappa shape index (κ2) is 9.61. The Labute approximate surface area is 161 Å². The van der Waals surface area contributed by atoms with Crippen LogP contribution in [0.4, 0.5) is 5.69 Å². The number of hydrogen-bond acceptors (Lipinski definition) is 3. The third-order valence-corrected chi connectivity index (χ3v) is 3.76. The number of aliphatic imine (C=N–C) groups is 1. The molecular weight excluding hydrogens is 473 g/mol. The van der Waals surface area contributed by atoms with Crippen molar-refractivity contribution in [3.63, 3.8) is 0 Å². The maximum absolute atomic E-state index is 5.90. The fraction of sp³-hybridized carbons (Fsp3) is 0.188. The summed E-state index contributed by atoms with van der Waals surface area (Å²) >= 11 is 3.50. The molecule has 0 aromatic heterocycles. The zero-order chi connectivity index (χ0) is 15.9. The van der Waals surface area contributed by atoms with Crippen molar-refractivity contribution in [1.82, 2.24) is 0 Å². The van der Waals surface area contributed by atoms with E-state index < -0.39 is 0 Å². The molecule has 7 heteroatoms. The minimum Gasteiger partial charge on any atom is -0.493 e. The van der Waals surface area contributed by atoms with Gasteiger partial charge in [0.1, 0.15) is 0 Å². The Hall–Kier alpha value is -1.48. The van der Waals surface area contributed by atoms with Gasteiger partial charge >= 0.3 is 0 Å². The van der Waals surface area contributed by atoms with E-state index in [4.69, 9.17) is 15.2 Å². The average Bonchev–Trinajstić information content (AvgIpc) is 2.54. The highest BCUT2D eigenvalue weighted by Gasteiger charge is 2.09. The topological polar surface area (TPSA) is 68.9 Å². The molecule has 0 saturated carbocycles. The number of nitrogens with two attached hydrogens (primary N) is 1. The third-order valence-electron chi connectivity index (χ3n) is 3.02. The highest BCUT2D eigenvalue weighted by molar-refractivity contribution is 14.0. The lowest BCUT2D eigenvalue weighted by Crippen LogP contribution is -2.22. The van der Waals surface area contributed by atoms with Gasteiger partial charge in [-0.05, 0) is 29.8 Å². The van der Waals surface area contributed by atoms with E-state index in [0.29, 0.717) is 24.0 Å². The van der Waals surface area contributed by atoms with Crippen LogP contribution < -0.4 is 20.5 Å². The standard InChI is InChI=1S/C16H18BrN3O2.HI/c1-21-14-8-11(13(17)9-15(14)22-2)10-19-16(18)20-12-6-4-3-5-7-12;/h3-9H,10H2,1-2H3,(H3,18,19,20);1H. The molecule has 0 radical (unpaired) electrons. The van der Waals surface area contributed by atoms with E-state index in [1.807, 2.05) is 42.5 Å². The molecule has 0 aliphatic rings. The third kappa shape index (κ3) is 5.58. The maximum atomic E-state index is 5.90. The zero-order valence-corrected chi connectivity index (χ0v) is 16.8. The zero-order valence-electron chi connectivity index (χ0n) is 12.9. The van der Waals surface area contributed by atoms with Gasteiger partial charge in [0.15, 0.2) is 17.5 Å². The largest absolute Gasteiger partial charge is 0.493 e. The van der Waals surface area contributed by atoms with Crippen LogP contribution in [-0.4, -0.2) is 20.2 Å². The SMILES string of the molecule is COc1cc(Br)c(CN=C(N)Nc2ccccc2)cc1OC.I. The number of methoxy groups -OCH3 is 2. The van der Waals surface area contributed by atoms with Crippen molar-refractivity contribution >= 4 is 51.6 Å². The van der Waals surface area contributed by atoms with Crippen LogP contribution in [-0.2, 0) is 6.54 Å². The van der Waals surface area contributed by atoms with Crippen LogP contribution in [0.15, 0.2) is 51.9 Å². The van der Waals surface area contributed by atoms with E-state index in [2.05, 4.69) is 26.2 Å². The van der Waals surface area contributed by atoms with Crippen LogP contribution in [0.25, 0.3) is 0 Å². The first-order chi connectivity index (χ1) is 10.6. The quantitative estimate of drug-likeness (QED) is 0.376. The minimum atomic E-state index is 0. The number of benzene rings is 2. The Kier molecular flexibility index (Phi) is 8.18. The molecule has 0 unspecified atom stereocenters. The molecule has 5 nitrogen and oxygen atoms in total. The molecule has 0 atom stereocenters. The molecule has 0 spiro atoms. The van der Waals surface area contributed by atoms with Crippen LogP contribution in [0, 0.1) is 0 Å². The van der Waals surface area contributed by atoms with Crippen LogP contribution >= 0.6 is 39.9 Å². The smallest absolute Gasteiger partial charge is 0.193 e. The normalized spacial score (nSPS) is 10.7. The van der Waals surface area contributed by atoms with E-state index in [0.717, 1.165) is 15.7 Å². The van der Waals surface area contributed by atoms with Crippen molar-refractivity contribution in [2.75, 3.05) is 19.5 Å². The molecule has 0 fully saturated rings. The van der Waals surface area contributed by atoms with Gasteiger partial charge < -0.3 is 20.5 Å². The maximum Gasteiger partial charge on any atom is 0.193 e. The van der Waals surface area contributed by atoms with Gasteiger partial charge in [-0.2, -0.15) is 0 Å². The van der Waals surface area contributed by atoms with Crippen molar-refractivity contribution in [2.45, 2.75) is 6.54 Å². The predicted octanol–water partition coefficient (Wildman–Crippen LogP) is 4.01. The molecule has 0 amide bonds. The lowest BCUT2D eigenvalue weighted by Gasteiger charge is -2.11. The molecule has 0 heterocycles. The van der Waals surface area contributed by atoms with Crippen LogP contribution in [0.3, 0.4) is 0 Å². The summed E-state index contributed by atoms with van der Waals surface area (Å²) in [4.78, 5) is 4.34. The van der Waals surface area contributed by atoms with Gasteiger partial charge in [-0.25, -0.2) is 4.99 Å². The Balaban J connectivity index is 0.00000264. The van der Waals surface area contributed by atoms with Crippen molar-refractivity contribution < 1.29 is 9.47 Å². The summed E-state index contributed by atoms with van der Waals surface area (Å²) in [7, 11) is 3.20. The summed E-state index contributed by atoms with van der Waals surface area (Å²) in [6.45, 7) is 0.423. The van der Waals surface area contributed by atoms with Crippen LogP contribution in [0.5, 0.6) is 11.5 Å². The number of nitrogens with zero attached hydrogens (tertiary/aromatic N) is 1. The molecule has 0 saturated heterocycles. The van der Waals surface area contributed by atoms with Gasteiger partial charge in [-0.15, -0.1) is 24.0 Å². The summed E-state index contributed by atoms with van der Waals surface area (Å²) in [5.41, 5.74) is 7.75. The van der Waals surface area contributed by atoms with Gasteiger partial charge in [-0.1, -0.05) is 34.1 Å². The van der Waals surface area contributed by atoms with Crippen molar-refractivity contribution in [3.05, 3.63) is 52.5 Å². The highest BCUT2D eigenvalue weighted by Crippen LogP contribution is 2.33. The van der Waals surface area contributed by atoms with Crippen LogP contribution in [0.1, 0.15) is 5.56 Å². The first-order valence-electron chi connectivity index (χ1n) is 6.66. The van der Waals surface area contributed by atoms with Gasteiger partial charge in [-0.3, -0.25) is 0 Å². The number of nitrogens with one attached hydrogen (secondary N) is 1. The first kappa shape index (κ1) is 19.6. The van der Waals surface area contributed by atoms with Crippen molar-refractivity contribution in [1.29, 1.82) is 0 Å². The Morgan fingerprint density at radius 2 is 1.74 bits per heavy atom. The lowest BCUT2D eigenvalue weighted by molar-refractivity contribution is 0.354. The van der Waals surface area contributed by atoms with Crippen molar-refractivity contribution in [2.24, 2.45) is 10.7 Å². The number of hydrogen-bond donors (Lipinski definition) is 2. The number of rotatable bonds is 5. The molecule has 0 aliphatic carbocycles. The molecule has 0 bridgehead atoms. The average molecular weight is 492 g/mol. The molecular formula is C16H19BrIN3O2. The van der Waals surface area contributed by atoms with E-state index in [9.17, 15) is 0 Å². The number of para-hydroxylation sites is 1. The molecule has 2 aromatic carbocycles. The fourth-order valence-corrected chi connectivity index (χ4v) is 2.34. The summed E-state index contributed by atoms with van der Waals surface area (Å²) in [5.74, 6) is 1.68. The van der Waals surface area contributed by atoms with E-state index in [1.54, 1.807) is 14.2 Å². The first-order valence-corrected chi connectivity index (χ1v) is 7.45. The Morgan fingerprint density at radius 1 is 1.13 bits per heavy atom. The summed E-state index contributed by atoms with van der Waals surface area (Å²) in [5, 5.41) is 3.04. The summed E-state index contributed by atoms with van der Waals surface area (Å²) in [6, 6.07) is 13.4. The highest BCUT2D eigenvalue weighted by atomic mass is 127. The van der Waals surface area contributed by atoms with Crippen molar-refractivity contribution in [3.8, 4) is 11.5 Å². The minimum absolute atomic E-state index is 0. The number of anilines is 1. The molecule has 23 heavy (non-hydrogen) atoms. The number of halogens is 2. The second-order valence-corrected chi connectivity index (χ2v) is 5.35. The molecule has 124 valence electrons. The van der Waals surface area contributed by atoms with Gasteiger partial charge in [0.25, 0.3) is 0 Å². The molecule has 2 aromatic rings. The Morgan fingerprint density at radius 3 is 2.35 bits per heavy atom. The lowest BCUT2D eigenvalue weighted by atomic mass is 10.2. The predicted molar refractivity (Wildman–Crippen MR) is 108 cm³/mol. The molecule has 3 N–H and O–H groups in total. The Bertz CT molecular complexity index is 666. The molecule has 2 rings (SSSR count). The van der Waals surface area contributed by atoms with Crippen LogP contribution in [0.2, 0.25) is 0 Å². The second-order valence-electron chi connectivity index (χ2n) is 4.49. The summed E-state index contributed by atoms with van der Waals surface area (Å²) < 4.78 is 11.4.